The molecule has 0 N–H and O–H groups in total. The van der Waals surface area contributed by atoms with Crippen molar-refractivity contribution in [3.63, 3.8) is 0 Å². The molecule has 0 bridgehead atoms. The summed E-state index contributed by atoms with van der Waals surface area (Å²) in [5, 5.41) is 16.2. The van der Waals surface area contributed by atoms with E-state index < -0.39 is 0 Å². The predicted molar refractivity (Wildman–Crippen MR) is 80.9 cm³/mol. The van der Waals surface area contributed by atoms with Crippen LogP contribution in [0.2, 0.25) is 0 Å². The van der Waals surface area contributed by atoms with Crippen LogP contribution in [0.1, 0.15) is 11.7 Å². The van der Waals surface area contributed by atoms with Gasteiger partial charge in [0.1, 0.15) is 17.2 Å². The highest BCUT2D eigenvalue weighted by Gasteiger charge is 2.15. The van der Waals surface area contributed by atoms with Crippen molar-refractivity contribution in [2.45, 2.75) is 17.8 Å². The minimum absolute atomic E-state index is 0.490. The lowest BCUT2D eigenvalue weighted by atomic mass is 10.3. The van der Waals surface area contributed by atoms with Crippen LogP contribution in [0.5, 0.6) is 11.5 Å². The number of nitrogens with zero attached hydrogens (tertiary/aromatic N) is 6. The average molecular weight is 334 g/mol. The second-order valence-corrected chi connectivity index (χ2v) is 5.37. The molecule has 1 aromatic carbocycles. The van der Waals surface area contributed by atoms with Gasteiger partial charge in [0.2, 0.25) is 11.0 Å². The quantitative estimate of drug-likeness (QED) is 0.623. The van der Waals surface area contributed by atoms with Gasteiger partial charge in [0.15, 0.2) is 5.82 Å². The van der Waals surface area contributed by atoms with E-state index in [2.05, 4.69) is 25.7 Å². The Bertz CT molecular complexity index is 803. The van der Waals surface area contributed by atoms with Crippen LogP contribution in [0.4, 0.5) is 0 Å². The summed E-state index contributed by atoms with van der Waals surface area (Å²) in [6.07, 6.45) is 0. The molecule has 23 heavy (non-hydrogen) atoms. The molecule has 3 aromatic rings. The van der Waals surface area contributed by atoms with E-state index in [-0.39, 0.29) is 0 Å². The van der Waals surface area contributed by atoms with E-state index in [9.17, 15) is 0 Å². The third kappa shape index (κ3) is 3.26. The van der Waals surface area contributed by atoms with Crippen molar-refractivity contribution < 1.29 is 14.0 Å². The van der Waals surface area contributed by atoms with E-state index >= 15 is 0 Å². The van der Waals surface area contributed by atoms with Gasteiger partial charge in [-0.05, 0) is 22.6 Å². The molecule has 0 fully saturated rings. The van der Waals surface area contributed by atoms with Crippen LogP contribution in [0.3, 0.4) is 0 Å². The van der Waals surface area contributed by atoms with Crippen LogP contribution < -0.4 is 9.47 Å². The number of aryl methyl sites for hydroxylation is 1. The lowest BCUT2D eigenvalue weighted by Gasteiger charge is -2.10. The van der Waals surface area contributed by atoms with Crippen molar-refractivity contribution in [2.75, 3.05) is 14.2 Å². The van der Waals surface area contributed by atoms with Gasteiger partial charge in [0.25, 0.3) is 0 Å². The first kappa shape index (κ1) is 15.3. The number of thioether (sulfide) groups is 1. The highest BCUT2D eigenvalue weighted by molar-refractivity contribution is 7.98. The molecule has 0 unspecified atom stereocenters. The summed E-state index contributed by atoms with van der Waals surface area (Å²) < 4.78 is 17.1. The molecule has 3 rings (SSSR count). The number of aromatic nitrogens is 6. The lowest BCUT2D eigenvalue weighted by molar-refractivity contribution is 0.389. The summed E-state index contributed by atoms with van der Waals surface area (Å²) >= 11 is 1.39. The van der Waals surface area contributed by atoms with Crippen molar-refractivity contribution in [3.05, 3.63) is 29.9 Å². The van der Waals surface area contributed by atoms with Crippen molar-refractivity contribution in [2.24, 2.45) is 0 Å². The number of methoxy groups -OCH3 is 2. The van der Waals surface area contributed by atoms with Crippen molar-refractivity contribution in [1.29, 1.82) is 0 Å². The zero-order valence-electron chi connectivity index (χ0n) is 12.8. The third-order valence-electron chi connectivity index (χ3n) is 2.96. The molecule has 2 heterocycles. The van der Waals surface area contributed by atoms with E-state index in [0.717, 1.165) is 0 Å². The number of benzene rings is 1. The zero-order chi connectivity index (χ0) is 16.2. The Morgan fingerprint density at radius 3 is 2.83 bits per heavy atom. The minimum Gasteiger partial charge on any atom is -0.497 e. The van der Waals surface area contributed by atoms with E-state index in [0.29, 0.717) is 39.8 Å². The molecular formula is C13H14N6O3S. The Kier molecular flexibility index (Phi) is 4.42. The molecule has 0 spiro atoms. The van der Waals surface area contributed by atoms with Gasteiger partial charge in [-0.3, -0.25) is 0 Å². The summed E-state index contributed by atoms with van der Waals surface area (Å²) in [5.41, 5.74) is 0.684. The van der Waals surface area contributed by atoms with E-state index in [4.69, 9.17) is 14.0 Å². The Balaban J connectivity index is 1.88. The summed E-state index contributed by atoms with van der Waals surface area (Å²) in [7, 11) is 3.18. The average Bonchev–Trinajstić information content (AvgIpc) is 3.20. The highest BCUT2D eigenvalue weighted by atomic mass is 32.2. The van der Waals surface area contributed by atoms with Gasteiger partial charge in [0, 0.05) is 13.0 Å². The summed E-state index contributed by atoms with van der Waals surface area (Å²) in [6, 6.07) is 5.41. The Morgan fingerprint density at radius 2 is 2.13 bits per heavy atom. The van der Waals surface area contributed by atoms with Gasteiger partial charge in [-0.1, -0.05) is 16.9 Å². The standard InChI is InChI=1S/C13H14N6O3S/c1-8-14-12(16-22-8)7-23-13-15-17-18-19(13)10-6-9(20-2)4-5-11(10)21-3/h4-6H,7H2,1-3H3. The largest absolute Gasteiger partial charge is 0.497 e. The van der Waals surface area contributed by atoms with Crippen LogP contribution in [0.15, 0.2) is 27.9 Å². The van der Waals surface area contributed by atoms with E-state index in [1.807, 2.05) is 6.07 Å². The summed E-state index contributed by atoms with van der Waals surface area (Å²) in [5.74, 6) is 2.91. The molecule has 0 amide bonds. The van der Waals surface area contributed by atoms with E-state index in [1.54, 1.807) is 38.0 Å². The topological polar surface area (TPSA) is 101 Å². The second kappa shape index (κ2) is 6.65. The molecule has 0 aliphatic heterocycles. The number of ether oxygens (including phenoxy) is 2. The highest BCUT2D eigenvalue weighted by Crippen LogP contribution is 2.30. The fraction of sp³-hybridized carbons (Fsp3) is 0.308. The Labute approximate surface area is 136 Å². The predicted octanol–water partition coefficient (Wildman–Crippen LogP) is 1.66. The fourth-order valence-corrected chi connectivity index (χ4v) is 2.64. The Hall–Kier alpha value is -2.62. The first-order valence-corrected chi connectivity index (χ1v) is 7.62. The van der Waals surface area contributed by atoms with Gasteiger partial charge >= 0.3 is 0 Å². The maximum atomic E-state index is 5.37. The first-order valence-electron chi connectivity index (χ1n) is 6.64. The number of tetrazole rings is 1. The maximum Gasteiger partial charge on any atom is 0.223 e. The SMILES string of the molecule is COc1ccc(OC)c(-n2nnnc2SCc2noc(C)n2)c1. The van der Waals surface area contributed by atoms with Crippen LogP contribution in [-0.4, -0.2) is 44.6 Å². The molecule has 2 aromatic heterocycles. The lowest BCUT2D eigenvalue weighted by Crippen LogP contribution is -2.03. The maximum absolute atomic E-state index is 5.37. The molecular weight excluding hydrogens is 320 g/mol. The molecule has 0 atom stereocenters. The molecule has 120 valence electrons. The van der Waals surface area contributed by atoms with Crippen LogP contribution in [-0.2, 0) is 5.75 Å². The molecule has 9 nitrogen and oxygen atoms in total. The molecule has 0 aliphatic rings. The summed E-state index contributed by atoms with van der Waals surface area (Å²) in [4.78, 5) is 4.15. The summed E-state index contributed by atoms with van der Waals surface area (Å²) in [6.45, 7) is 1.74. The first-order chi connectivity index (χ1) is 11.2. The third-order valence-corrected chi connectivity index (χ3v) is 3.87. The molecule has 10 heteroatoms. The van der Waals surface area contributed by atoms with Gasteiger partial charge in [-0.2, -0.15) is 9.67 Å². The van der Waals surface area contributed by atoms with Crippen molar-refractivity contribution in [3.8, 4) is 17.2 Å². The smallest absolute Gasteiger partial charge is 0.223 e. The van der Waals surface area contributed by atoms with Gasteiger partial charge in [-0.25, -0.2) is 0 Å². The van der Waals surface area contributed by atoms with Crippen molar-refractivity contribution in [1.82, 2.24) is 30.3 Å². The zero-order valence-corrected chi connectivity index (χ0v) is 13.6. The normalized spacial score (nSPS) is 10.7. The van der Waals surface area contributed by atoms with Crippen molar-refractivity contribution >= 4 is 11.8 Å². The molecule has 0 saturated heterocycles. The molecule has 0 radical (unpaired) electrons. The monoisotopic (exact) mass is 334 g/mol. The number of hydrogen-bond acceptors (Lipinski definition) is 9. The number of hydrogen-bond donors (Lipinski definition) is 0. The Morgan fingerprint density at radius 1 is 1.26 bits per heavy atom. The second-order valence-electron chi connectivity index (χ2n) is 4.43. The van der Waals surface area contributed by atoms with Crippen LogP contribution in [0.25, 0.3) is 5.69 Å². The van der Waals surface area contributed by atoms with Gasteiger partial charge < -0.3 is 14.0 Å². The van der Waals surface area contributed by atoms with Crippen LogP contribution in [0, 0.1) is 6.92 Å². The molecule has 0 aliphatic carbocycles. The van der Waals surface area contributed by atoms with Crippen LogP contribution >= 0.6 is 11.8 Å². The van der Waals surface area contributed by atoms with Gasteiger partial charge in [-0.15, -0.1) is 5.10 Å². The minimum atomic E-state index is 0.490. The fourth-order valence-electron chi connectivity index (χ4n) is 1.91. The van der Waals surface area contributed by atoms with E-state index in [1.165, 1.54) is 11.8 Å². The molecule has 0 saturated carbocycles. The van der Waals surface area contributed by atoms with Gasteiger partial charge in [0.05, 0.1) is 20.0 Å². The number of rotatable bonds is 6.